The molecule has 1 aromatic heterocycles. The third-order valence-electron chi connectivity index (χ3n) is 4.65. The first kappa shape index (κ1) is 19.0. The number of aromatic nitrogens is 1. The van der Waals surface area contributed by atoms with E-state index in [9.17, 15) is 4.79 Å². The Morgan fingerprint density at radius 1 is 1.23 bits per heavy atom. The average Bonchev–Trinajstić information content (AvgIpc) is 2.66. The van der Waals surface area contributed by atoms with Crippen molar-refractivity contribution >= 4 is 28.4 Å². The molecule has 0 bridgehead atoms. The van der Waals surface area contributed by atoms with Crippen LogP contribution in [0.2, 0.25) is 5.02 Å². The van der Waals surface area contributed by atoms with Crippen molar-refractivity contribution in [2.45, 2.75) is 6.54 Å². The van der Waals surface area contributed by atoms with E-state index in [1.807, 2.05) is 24.4 Å². The van der Waals surface area contributed by atoms with E-state index in [-0.39, 0.29) is 5.91 Å². The van der Waals surface area contributed by atoms with Crippen molar-refractivity contribution in [1.82, 2.24) is 20.1 Å². The predicted molar refractivity (Wildman–Crippen MR) is 103 cm³/mol. The SMILES string of the molecule is COCCNC(=O)CN1CCN(Cc2ccc(Cl)c3cccnc23)CC1. The van der Waals surface area contributed by atoms with Crippen LogP contribution in [-0.2, 0) is 16.1 Å². The number of hydrogen-bond donors (Lipinski definition) is 1. The van der Waals surface area contributed by atoms with Gasteiger partial charge in [0.05, 0.1) is 18.7 Å². The molecule has 0 radical (unpaired) electrons. The summed E-state index contributed by atoms with van der Waals surface area (Å²) < 4.78 is 4.94. The highest BCUT2D eigenvalue weighted by Gasteiger charge is 2.19. The predicted octanol–water partition coefficient (Wildman–Crippen LogP) is 1.77. The van der Waals surface area contributed by atoms with Crippen molar-refractivity contribution in [3.05, 3.63) is 41.0 Å². The van der Waals surface area contributed by atoms with Crippen molar-refractivity contribution in [3.8, 4) is 0 Å². The number of nitrogens with one attached hydrogen (secondary N) is 1. The molecule has 3 rings (SSSR count). The van der Waals surface area contributed by atoms with Gasteiger partial charge in [0.25, 0.3) is 0 Å². The molecule has 1 fully saturated rings. The highest BCUT2D eigenvalue weighted by molar-refractivity contribution is 6.35. The van der Waals surface area contributed by atoms with Crippen molar-refractivity contribution in [3.63, 3.8) is 0 Å². The largest absolute Gasteiger partial charge is 0.383 e. The molecule has 6 nitrogen and oxygen atoms in total. The second kappa shape index (κ2) is 9.28. The second-order valence-electron chi connectivity index (χ2n) is 6.50. The molecule has 0 aliphatic carbocycles. The first-order valence-corrected chi connectivity index (χ1v) is 9.27. The molecule has 26 heavy (non-hydrogen) atoms. The van der Waals surface area contributed by atoms with Gasteiger partial charge in [-0.05, 0) is 23.8 Å². The number of fused-ring (bicyclic) bond motifs is 1. The number of ether oxygens (including phenoxy) is 1. The van der Waals surface area contributed by atoms with Gasteiger partial charge < -0.3 is 10.1 Å². The van der Waals surface area contributed by atoms with E-state index in [1.54, 1.807) is 7.11 Å². The van der Waals surface area contributed by atoms with Gasteiger partial charge in [-0.25, -0.2) is 0 Å². The van der Waals surface area contributed by atoms with Crippen LogP contribution >= 0.6 is 11.6 Å². The van der Waals surface area contributed by atoms with E-state index in [1.165, 1.54) is 5.56 Å². The number of rotatable bonds is 7. The molecule has 0 unspecified atom stereocenters. The molecule has 1 saturated heterocycles. The fourth-order valence-electron chi connectivity index (χ4n) is 3.22. The fourth-order valence-corrected chi connectivity index (χ4v) is 3.44. The normalized spacial score (nSPS) is 16.1. The minimum Gasteiger partial charge on any atom is -0.383 e. The number of pyridine rings is 1. The molecule has 1 aliphatic rings. The maximum atomic E-state index is 11.9. The lowest BCUT2D eigenvalue weighted by Gasteiger charge is -2.34. The average molecular weight is 377 g/mol. The summed E-state index contributed by atoms with van der Waals surface area (Å²) in [6, 6.07) is 7.93. The first-order chi connectivity index (χ1) is 12.7. The molecule has 2 heterocycles. The van der Waals surface area contributed by atoms with Crippen LogP contribution in [0.4, 0.5) is 0 Å². The molecule has 1 N–H and O–H groups in total. The lowest BCUT2D eigenvalue weighted by atomic mass is 10.1. The molecule has 0 spiro atoms. The quantitative estimate of drug-likeness (QED) is 0.746. The minimum atomic E-state index is 0.0587. The molecule has 1 aliphatic heterocycles. The minimum absolute atomic E-state index is 0.0587. The molecule has 2 aromatic rings. The number of benzene rings is 1. The Kier molecular flexibility index (Phi) is 6.80. The van der Waals surface area contributed by atoms with Gasteiger partial charge in [-0.2, -0.15) is 0 Å². The maximum absolute atomic E-state index is 11.9. The van der Waals surface area contributed by atoms with Crippen LogP contribution in [0.25, 0.3) is 10.9 Å². The summed E-state index contributed by atoms with van der Waals surface area (Å²) in [6.07, 6.45) is 1.81. The molecular weight excluding hydrogens is 352 g/mol. The molecular formula is C19H25ClN4O2. The Hall–Kier alpha value is -1.73. The highest BCUT2D eigenvalue weighted by Crippen LogP contribution is 2.25. The van der Waals surface area contributed by atoms with E-state index >= 15 is 0 Å². The Morgan fingerprint density at radius 3 is 2.77 bits per heavy atom. The third kappa shape index (κ3) is 4.92. The lowest BCUT2D eigenvalue weighted by molar-refractivity contribution is -0.122. The summed E-state index contributed by atoms with van der Waals surface area (Å²) in [6.45, 7) is 6.04. The number of amides is 1. The monoisotopic (exact) mass is 376 g/mol. The number of nitrogens with zero attached hydrogens (tertiary/aromatic N) is 3. The van der Waals surface area contributed by atoms with Gasteiger partial charge in [-0.3, -0.25) is 19.6 Å². The van der Waals surface area contributed by atoms with Crippen LogP contribution in [-0.4, -0.2) is 73.7 Å². The molecule has 0 saturated carbocycles. The van der Waals surface area contributed by atoms with E-state index in [0.29, 0.717) is 19.7 Å². The smallest absolute Gasteiger partial charge is 0.234 e. The second-order valence-corrected chi connectivity index (χ2v) is 6.91. The summed E-state index contributed by atoms with van der Waals surface area (Å²) in [5.74, 6) is 0.0587. The van der Waals surface area contributed by atoms with Crippen LogP contribution in [0.3, 0.4) is 0 Å². The van der Waals surface area contributed by atoms with Gasteiger partial charge in [0.15, 0.2) is 0 Å². The van der Waals surface area contributed by atoms with E-state index in [4.69, 9.17) is 16.3 Å². The van der Waals surface area contributed by atoms with Crippen molar-refractivity contribution in [2.75, 3.05) is 53.0 Å². The van der Waals surface area contributed by atoms with Gasteiger partial charge in [-0.1, -0.05) is 17.7 Å². The van der Waals surface area contributed by atoms with Gasteiger partial charge in [-0.15, -0.1) is 0 Å². The summed E-state index contributed by atoms with van der Waals surface area (Å²) in [5.41, 5.74) is 2.16. The summed E-state index contributed by atoms with van der Waals surface area (Å²) in [4.78, 5) is 21.0. The summed E-state index contributed by atoms with van der Waals surface area (Å²) in [7, 11) is 1.63. The Labute approximate surface area is 159 Å². The van der Waals surface area contributed by atoms with Crippen LogP contribution in [0.5, 0.6) is 0 Å². The Morgan fingerprint density at radius 2 is 2.00 bits per heavy atom. The number of hydrogen-bond acceptors (Lipinski definition) is 5. The van der Waals surface area contributed by atoms with Crippen molar-refractivity contribution in [1.29, 1.82) is 0 Å². The molecule has 140 valence electrons. The van der Waals surface area contributed by atoms with E-state index in [0.717, 1.165) is 48.6 Å². The summed E-state index contributed by atoms with van der Waals surface area (Å²) >= 11 is 6.28. The number of carbonyl (C=O) groups is 1. The van der Waals surface area contributed by atoms with Crippen LogP contribution < -0.4 is 5.32 Å². The Bertz CT molecular complexity index is 747. The van der Waals surface area contributed by atoms with E-state index in [2.05, 4.69) is 26.2 Å². The number of carbonyl (C=O) groups excluding carboxylic acids is 1. The fraction of sp³-hybridized carbons (Fsp3) is 0.474. The number of piperazine rings is 1. The van der Waals surface area contributed by atoms with Gasteiger partial charge in [0, 0.05) is 63.0 Å². The Balaban J connectivity index is 1.52. The molecule has 1 amide bonds. The zero-order valence-corrected chi connectivity index (χ0v) is 15.8. The van der Waals surface area contributed by atoms with E-state index < -0.39 is 0 Å². The van der Waals surface area contributed by atoms with Crippen LogP contribution in [0, 0.1) is 0 Å². The highest BCUT2D eigenvalue weighted by atomic mass is 35.5. The first-order valence-electron chi connectivity index (χ1n) is 8.90. The van der Waals surface area contributed by atoms with Gasteiger partial charge in [0.2, 0.25) is 5.91 Å². The third-order valence-corrected chi connectivity index (χ3v) is 4.98. The zero-order valence-electron chi connectivity index (χ0n) is 15.1. The van der Waals surface area contributed by atoms with Gasteiger partial charge in [0.1, 0.15) is 0 Å². The van der Waals surface area contributed by atoms with Crippen LogP contribution in [0.1, 0.15) is 5.56 Å². The number of halogens is 1. The lowest BCUT2D eigenvalue weighted by Crippen LogP contribution is -2.49. The number of methoxy groups -OCH3 is 1. The molecule has 7 heteroatoms. The molecule has 1 aromatic carbocycles. The zero-order chi connectivity index (χ0) is 18.4. The van der Waals surface area contributed by atoms with Gasteiger partial charge >= 0.3 is 0 Å². The maximum Gasteiger partial charge on any atom is 0.234 e. The standard InChI is InChI=1S/C19H25ClN4O2/c1-26-12-7-21-18(25)14-24-10-8-23(9-11-24)13-15-4-5-17(20)16-3-2-6-22-19(15)16/h2-6H,7-14H2,1H3,(H,21,25). The van der Waals surface area contributed by atoms with Crippen molar-refractivity contribution < 1.29 is 9.53 Å². The van der Waals surface area contributed by atoms with Crippen molar-refractivity contribution in [2.24, 2.45) is 0 Å². The molecule has 0 atom stereocenters. The summed E-state index contributed by atoms with van der Waals surface area (Å²) in [5, 5.41) is 4.60. The topological polar surface area (TPSA) is 57.7 Å². The van der Waals surface area contributed by atoms with Crippen LogP contribution in [0.15, 0.2) is 30.5 Å².